The minimum atomic E-state index is -4.46. The molecular formula is C17H22F3N3S. The monoisotopic (exact) mass is 357 g/mol. The minimum absolute atomic E-state index is 0.140. The highest BCUT2D eigenvalue weighted by Gasteiger charge is 2.45. The molecule has 2 saturated heterocycles. The van der Waals surface area contributed by atoms with Crippen molar-refractivity contribution in [2.45, 2.75) is 50.2 Å². The van der Waals surface area contributed by atoms with Crippen LogP contribution in [0.3, 0.4) is 0 Å². The van der Waals surface area contributed by atoms with Crippen LogP contribution >= 0.6 is 11.8 Å². The van der Waals surface area contributed by atoms with E-state index in [2.05, 4.69) is 26.6 Å². The van der Waals surface area contributed by atoms with Crippen molar-refractivity contribution in [3.63, 3.8) is 0 Å². The number of halogens is 3. The number of hydrogen-bond acceptors (Lipinski definition) is 4. The summed E-state index contributed by atoms with van der Waals surface area (Å²) in [6.45, 7) is 2.42. The van der Waals surface area contributed by atoms with Crippen molar-refractivity contribution in [1.82, 2.24) is 14.9 Å². The predicted octanol–water partition coefficient (Wildman–Crippen LogP) is 3.96. The lowest BCUT2D eigenvalue weighted by atomic mass is 9.83. The lowest BCUT2D eigenvalue weighted by Gasteiger charge is -2.40. The number of hydrogen-bond donors (Lipinski definition) is 0. The minimum Gasteiger partial charge on any atom is -0.300 e. The summed E-state index contributed by atoms with van der Waals surface area (Å²) in [5.74, 6) is 1.74. The highest BCUT2D eigenvalue weighted by molar-refractivity contribution is 8.00. The van der Waals surface area contributed by atoms with Gasteiger partial charge in [-0.15, -0.1) is 0 Å². The number of rotatable bonds is 2. The maximum Gasteiger partial charge on any atom is 0.451 e. The van der Waals surface area contributed by atoms with E-state index in [-0.39, 0.29) is 5.92 Å². The molecule has 1 aromatic rings. The summed E-state index contributed by atoms with van der Waals surface area (Å²) in [7, 11) is 0. The van der Waals surface area contributed by atoms with Crippen LogP contribution in [0.5, 0.6) is 0 Å². The molecule has 0 N–H and O–H groups in total. The molecule has 7 heteroatoms. The van der Waals surface area contributed by atoms with E-state index in [0.29, 0.717) is 17.2 Å². The highest BCUT2D eigenvalue weighted by Crippen LogP contribution is 2.47. The van der Waals surface area contributed by atoms with Crippen LogP contribution in [0.15, 0.2) is 12.3 Å². The van der Waals surface area contributed by atoms with Crippen molar-refractivity contribution >= 4 is 11.8 Å². The lowest BCUT2D eigenvalue weighted by molar-refractivity contribution is -0.145. The van der Waals surface area contributed by atoms with Crippen LogP contribution in [-0.4, -0.2) is 45.5 Å². The molecule has 3 nitrogen and oxygen atoms in total. The molecule has 0 bridgehead atoms. The van der Waals surface area contributed by atoms with E-state index in [9.17, 15) is 13.2 Å². The number of aromatic nitrogens is 2. The molecule has 1 aromatic heterocycles. The fraction of sp³-hybridized carbons (Fsp3) is 0.765. The van der Waals surface area contributed by atoms with Crippen molar-refractivity contribution in [3.05, 3.63) is 23.8 Å². The van der Waals surface area contributed by atoms with Crippen molar-refractivity contribution in [3.8, 4) is 0 Å². The zero-order chi connectivity index (χ0) is 16.8. The first kappa shape index (κ1) is 16.6. The van der Waals surface area contributed by atoms with Gasteiger partial charge < -0.3 is 0 Å². The molecule has 1 saturated carbocycles. The van der Waals surface area contributed by atoms with Crippen LogP contribution in [0.2, 0.25) is 0 Å². The molecule has 1 aliphatic carbocycles. The van der Waals surface area contributed by atoms with Gasteiger partial charge in [-0.2, -0.15) is 24.9 Å². The Morgan fingerprint density at radius 3 is 2.50 bits per heavy atom. The third-order valence-electron chi connectivity index (χ3n) is 5.85. The largest absolute Gasteiger partial charge is 0.451 e. The van der Waals surface area contributed by atoms with Gasteiger partial charge in [0.05, 0.1) is 0 Å². The fourth-order valence-corrected chi connectivity index (χ4v) is 5.63. The average Bonchev–Trinajstić information content (AvgIpc) is 3.00. The molecule has 2 aliphatic heterocycles. The van der Waals surface area contributed by atoms with E-state index < -0.39 is 12.0 Å². The van der Waals surface area contributed by atoms with E-state index in [0.717, 1.165) is 25.7 Å². The molecule has 0 unspecified atom stereocenters. The van der Waals surface area contributed by atoms with Gasteiger partial charge in [0.1, 0.15) is 0 Å². The van der Waals surface area contributed by atoms with Crippen LogP contribution in [-0.2, 0) is 6.18 Å². The summed E-state index contributed by atoms with van der Waals surface area (Å²) in [5.41, 5.74) is 1.14. The second kappa shape index (κ2) is 6.16. The van der Waals surface area contributed by atoms with Gasteiger partial charge in [-0.25, -0.2) is 9.97 Å². The Hall–Kier alpha value is -0.820. The third-order valence-corrected chi connectivity index (χ3v) is 7.48. The second-order valence-electron chi connectivity index (χ2n) is 7.52. The molecule has 0 aromatic carbocycles. The first-order valence-corrected chi connectivity index (χ1v) is 9.83. The number of thioether (sulfide) groups is 1. The molecule has 1 spiro atoms. The summed E-state index contributed by atoms with van der Waals surface area (Å²) in [4.78, 5) is 9.79. The van der Waals surface area contributed by atoms with E-state index in [1.807, 2.05) is 0 Å². The Balaban J connectivity index is 1.36. The van der Waals surface area contributed by atoms with Gasteiger partial charge in [0, 0.05) is 47.3 Å². The van der Waals surface area contributed by atoms with E-state index in [4.69, 9.17) is 0 Å². The Labute approximate surface area is 144 Å². The van der Waals surface area contributed by atoms with Gasteiger partial charge in [0.15, 0.2) is 0 Å². The molecule has 0 atom stereocenters. The summed E-state index contributed by atoms with van der Waals surface area (Å²) in [6.07, 6.45) is 2.10. The third kappa shape index (κ3) is 3.17. The molecule has 132 valence electrons. The summed E-state index contributed by atoms with van der Waals surface area (Å²) in [5, 5.41) is 0. The van der Waals surface area contributed by atoms with Crippen molar-refractivity contribution < 1.29 is 13.2 Å². The lowest BCUT2D eigenvalue weighted by Crippen LogP contribution is -2.42. The molecular weight excluding hydrogens is 335 g/mol. The van der Waals surface area contributed by atoms with Gasteiger partial charge in [-0.05, 0) is 44.7 Å². The number of nitrogens with zero attached hydrogens (tertiary/aromatic N) is 3. The maximum atomic E-state index is 12.8. The first-order chi connectivity index (χ1) is 11.5. The van der Waals surface area contributed by atoms with E-state index in [1.165, 1.54) is 37.2 Å². The summed E-state index contributed by atoms with van der Waals surface area (Å²) < 4.78 is 38.3. The summed E-state index contributed by atoms with van der Waals surface area (Å²) >= 11 is 2.05. The van der Waals surface area contributed by atoms with Gasteiger partial charge >= 0.3 is 6.18 Å². The molecule has 4 rings (SSSR count). The van der Waals surface area contributed by atoms with Crippen LogP contribution in [0, 0.1) is 5.41 Å². The quantitative estimate of drug-likeness (QED) is 0.801. The highest BCUT2D eigenvalue weighted by atomic mass is 32.2. The maximum absolute atomic E-state index is 12.8. The van der Waals surface area contributed by atoms with Crippen LogP contribution in [0.25, 0.3) is 0 Å². The van der Waals surface area contributed by atoms with Crippen molar-refractivity contribution in [1.29, 1.82) is 0 Å². The molecule has 0 radical (unpaired) electrons. The van der Waals surface area contributed by atoms with Crippen molar-refractivity contribution in [2.75, 3.05) is 24.6 Å². The normalized spacial score (nSPS) is 30.5. The second-order valence-corrected chi connectivity index (χ2v) is 8.51. The Morgan fingerprint density at radius 1 is 1.17 bits per heavy atom. The van der Waals surface area contributed by atoms with Gasteiger partial charge in [-0.3, -0.25) is 4.90 Å². The SMILES string of the molecule is FC(F)(F)c1nccc(C2CCC(N3CCC4(CSC4)C3)CC2)n1. The zero-order valence-electron chi connectivity index (χ0n) is 13.6. The fourth-order valence-electron chi connectivity index (χ4n) is 4.38. The van der Waals surface area contributed by atoms with Crippen LogP contribution in [0.1, 0.15) is 49.5 Å². The smallest absolute Gasteiger partial charge is 0.300 e. The topological polar surface area (TPSA) is 29.0 Å². The first-order valence-electron chi connectivity index (χ1n) is 8.67. The molecule has 3 aliphatic rings. The Bertz CT molecular complexity index is 595. The van der Waals surface area contributed by atoms with Crippen LogP contribution < -0.4 is 0 Å². The molecule has 24 heavy (non-hydrogen) atoms. The zero-order valence-corrected chi connectivity index (χ0v) is 14.4. The standard InChI is InChI=1S/C17H22F3N3S/c18-17(19,20)15-21-7-5-14(22-15)12-1-3-13(4-2-12)23-8-6-16(9-23)10-24-11-16/h5,7,12-13H,1-4,6,8-11H2. The number of alkyl halides is 3. The van der Waals surface area contributed by atoms with Gasteiger partial charge in [0.25, 0.3) is 0 Å². The van der Waals surface area contributed by atoms with Gasteiger partial charge in [-0.1, -0.05) is 0 Å². The Kier molecular flexibility index (Phi) is 4.27. The Morgan fingerprint density at radius 2 is 1.92 bits per heavy atom. The van der Waals surface area contributed by atoms with E-state index >= 15 is 0 Å². The molecule has 0 amide bonds. The molecule has 3 heterocycles. The van der Waals surface area contributed by atoms with Gasteiger partial charge in [0.2, 0.25) is 5.82 Å². The number of likely N-dealkylation sites (tertiary alicyclic amines) is 1. The van der Waals surface area contributed by atoms with E-state index in [1.54, 1.807) is 6.07 Å². The van der Waals surface area contributed by atoms with Crippen LogP contribution in [0.4, 0.5) is 13.2 Å². The average molecular weight is 357 g/mol. The molecule has 3 fully saturated rings. The van der Waals surface area contributed by atoms with Crippen molar-refractivity contribution in [2.24, 2.45) is 5.41 Å². The summed E-state index contributed by atoms with van der Waals surface area (Å²) in [6, 6.07) is 2.26. The predicted molar refractivity (Wildman–Crippen MR) is 88.0 cm³/mol.